The van der Waals surface area contributed by atoms with Crippen LogP contribution in [0.25, 0.3) is 0 Å². The minimum Gasteiger partial charge on any atom is -0.202 e. The monoisotopic (exact) mass is 196 g/mol. The molecule has 66 valence electrons. The molecule has 0 aliphatic heterocycles. The first-order valence-corrected chi connectivity index (χ1v) is 3.43. The molecule has 0 saturated carbocycles. The van der Waals surface area contributed by atoms with Crippen LogP contribution < -0.4 is 0 Å². The molecule has 0 aromatic rings. The van der Waals surface area contributed by atoms with Crippen molar-refractivity contribution in [2.45, 2.75) is 6.43 Å². The van der Waals surface area contributed by atoms with Crippen LogP contribution in [-0.4, -0.2) is 14.8 Å². The summed E-state index contributed by atoms with van der Waals surface area (Å²) in [6, 6.07) is 0. The highest BCUT2D eigenvalue weighted by molar-refractivity contribution is 7.90. The van der Waals surface area contributed by atoms with Gasteiger partial charge < -0.3 is 0 Å². The number of rotatable bonds is 2. The predicted molar refractivity (Wildman–Crippen MR) is 25.3 cm³/mol. The molecule has 2 nitrogen and oxygen atoms in total. The lowest BCUT2D eigenvalue weighted by Crippen LogP contribution is -1.99. The van der Waals surface area contributed by atoms with E-state index in [1.54, 1.807) is 0 Å². The van der Waals surface area contributed by atoms with Gasteiger partial charge in [0.25, 0.3) is 11.6 Å². The number of halogens is 5. The maximum Gasteiger partial charge on any atom is 0.362 e. The minimum absolute atomic E-state index is 2.92. The molecule has 0 amide bonds. The fourth-order valence-electron chi connectivity index (χ4n) is 0.202. The van der Waals surface area contributed by atoms with Crippen molar-refractivity contribution in [2.75, 3.05) is 0 Å². The third-order valence-corrected chi connectivity index (χ3v) is 1.22. The lowest BCUT2D eigenvalue weighted by molar-refractivity contribution is 0.154. The summed E-state index contributed by atoms with van der Waals surface area (Å²) in [4.78, 5) is 0. The van der Waals surface area contributed by atoms with Crippen molar-refractivity contribution in [2.24, 2.45) is 0 Å². The third kappa shape index (κ3) is 2.83. The van der Waals surface area contributed by atoms with Gasteiger partial charge in [-0.15, -0.1) is 0 Å². The molecule has 0 unspecified atom stereocenters. The van der Waals surface area contributed by atoms with Crippen molar-refractivity contribution in [3.05, 3.63) is 11.0 Å². The van der Waals surface area contributed by atoms with E-state index in [1.807, 2.05) is 0 Å². The van der Waals surface area contributed by atoms with Crippen LogP contribution in [0.15, 0.2) is 11.0 Å². The quantitative estimate of drug-likeness (QED) is 0.497. The van der Waals surface area contributed by atoms with Crippen molar-refractivity contribution in [3.8, 4) is 0 Å². The zero-order valence-corrected chi connectivity index (χ0v) is 5.51. The second kappa shape index (κ2) is 3.16. The highest BCUT2D eigenvalue weighted by atomic mass is 32.3. The highest BCUT2D eigenvalue weighted by Gasteiger charge is 2.27. The van der Waals surface area contributed by atoms with Gasteiger partial charge in [0, 0.05) is 0 Å². The van der Waals surface area contributed by atoms with Crippen LogP contribution in [0.1, 0.15) is 0 Å². The summed E-state index contributed by atoms with van der Waals surface area (Å²) in [5.74, 6) is -2.92. The summed E-state index contributed by atoms with van der Waals surface area (Å²) in [6.45, 7) is 0. The zero-order valence-electron chi connectivity index (χ0n) is 4.69. The Kier molecular flexibility index (Phi) is 2.97. The van der Waals surface area contributed by atoms with Crippen LogP contribution >= 0.6 is 0 Å². The molecular weight excluding hydrogens is 195 g/mol. The topological polar surface area (TPSA) is 34.1 Å². The summed E-state index contributed by atoms with van der Waals surface area (Å²) >= 11 is 0. The first-order chi connectivity index (χ1) is 4.76. The van der Waals surface area contributed by atoms with Crippen LogP contribution in [-0.2, 0) is 10.2 Å². The van der Waals surface area contributed by atoms with Gasteiger partial charge in [-0.25, -0.2) is 13.2 Å². The molecule has 11 heavy (non-hydrogen) atoms. The Morgan fingerprint density at radius 2 is 1.55 bits per heavy atom. The molecule has 0 saturated heterocycles. The van der Waals surface area contributed by atoms with E-state index in [0.29, 0.717) is 0 Å². The fraction of sp³-hybridized carbons (Fsp3) is 0.333. The van der Waals surface area contributed by atoms with Crippen LogP contribution in [0.2, 0.25) is 0 Å². The van der Waals surface area contributed by atoms with E-state index < -0.39 is 27.6 Å². The van der Waals surface area contributed by atoms with Gasteiger partial charge in [-0.1, -0.05) is 3.89 Å². The average Bonchev–Trinajstić information content (AvgIpc) is 1.82. The van der Waals surface area contributed by atoms with Gasteiger partial charge in [0.2, 0.25) is 5.83 Å². The van der Waals surface area contributed by atoms with Gasteiger partial charge in [-0.3, -0.25) is 0 Å². The van der Waals surface area contributed by atoms with Crippen molar-refractivity contribution in [1.82, 2.24) is 0 Å². The van der Waals surface area contributed by atoms with Crippen LogP contribution in [0.4, 0.5) is 21.4 Å². The number of hydrogen-bond acceptors (Lipinski definition) is 2. The first kappa shape index (κ1) is 10.3. The Morgan fingerprint density at radius 1 is 1.18 bits per heavy atom. The maximum atomic E-state index is 11.6. The van der Waals surface area contributed by atoms with E-state index in [0.717, 1.165) is 0 Å². The highest BCUT2D eigenvalue weighted by Crippen LogP contribution is 2.21. The molecule has 0 aromatic heterocycles. The van der Waals surface area contributed by atoms with E-state index >= 15 is 0 Å². The van der Waals surface area contributed by atoms with E-state index in [2.05, 4.69) is 0 Å². The fourth-order valence-corrected chi connectivity index (χ4v) is 0.524. The Morgan fingerprint density at radius 3 is 1.64 bits per heavy atom. The second-order valence-corrected chi connectivity index (χ2v) is 2.59. The molecule has 0 spiro atoms. The Hall–Kier alpha value is -0.660. The third-order valence-electron chi connectivity index (χ3n) is 0.593. The molecule has 0 rings (SSSR count). The van der Waals surface area contributed by atoms with Crippen LogP contribution in [0.5, 0.6) is 0 Å². The standard InChI is InChI=1S/C3HF5O2S/c4-1(2(5)6)3(7)11(8,9)10/h2H/b3-1-. The zero-order chi connectivity index (χ0) is 9.23. The van der Waals surface area contributed by atoms with E-state index in [-0.39, 0.29) is 0 Å². The molecule has 0 atom stereocenters. The molecular formula is C3HF5O2S. The molecule has 0 aliphatic rings. The van der Waals surface area contributed by atoms with E-state index in [4.69, 9.17) is 0 Å². The molecule has 8 heteroatoms. The van der Waals surface area contributed by atoms with Gasteiger partial charge in [-0.2, -0.15) is 12.8 Å². The molecule has 0 aliphatic carbocycles. The summed E-state index contributed by atoms with van der Waals surface area (Å²) in [6.07, 6.45) is -3.97. The first-order valence-electron chi connectivity index (χ1n) is 2.04. The van der Waals surface area contributed by atoms with Crippen LogP contribution in [0, 0.1) is 0 Å². The number of alkyl halides is 2. The molecule has 0 fully saturated rings. The lowest BCUT2D eigenvalue weighted by Gasteiger charge is -1.93. The van der Waals surface area contributed by atoms with Gasteiger partial charge in [-0.05, 0) is 0 Å². The molecule has 0 bridgehead atoms. The van der Waals surface area contributed by atoms with Crippen molar-refractivity contribution >= 4 is 10.2 Å². The van der Waals surface area contributed by atoms with Gasteiger partial charge in [0.15, 0.2) is 0 Å². The van der Waals surface area contributed by atoms with E-state index in [9.17, 15) is 29.9 Å². The van der Waals surface area contributed by atoms with Gasteiger partial charge >= 0.3 is 10.2 Å². The number of allylic oxidation sites excluding steroid dienone is 1. The largest absolute Gasteiger partial charge is 0.362 e. The normalized spacial score (nSPS) is 15.1. The van der Waals surface area contributed by atoms with Gasteiger partial charge in [0.1, 0.15) is 0 Å². The summed E-state index contributed by atoms with van der Waals surface area (Å²) in [5, 5.41) is -3.08. The van der Waals surface area contributed by atoms with Gasteiger partial charge in [0.05, 0.1) is 0 Å². The predicted octanol–water partition coefficient (Wildman–Crippen LogP) is 1.66. The smallest absolute Gasteiger partial charge is 0.202 e. The lowest BCUT2D eigenvalue weighted by atomic mass is 10.6. The van der Waals surface area contributed by atoms with Crippen LogP contribution in [0.3, 0.4) is 0 Å². The molecule has 0 radical (unpaired) electrons. The molecule has 0 aromatic carbocycles. The Bertz CT molecular complexity index is 265. The summed E-state index contributed by atoms with van der Waals surface area (Å²) in [5.41, 5.74) is 0. The summed E-state index contributed by atoms with van der Waals surface area (Å²) in [7, 11) is -5.99. The van der Waals surface area contributed by atoms with Crippen molar-refractivity contribution < 1.29 is 29.9 Å². The molecule has 0 N–H and O–H groups in total. The van der Waals surface area contributed by atoms with Crippen molar-refractivity contribution in [1.29, 1.82) is 0 Å². The SMILES string of the molecule is O=S(=O)(F)/C(F)=C(\F)C(F)F. The second-order valence-electron chi connectivity index (χ2n) is 1.36. The minimum atomic E-state index is -5.99. The maximum absolute atomic E-state index is 11.6. The molecule has 0 heterocycles. The van der Waals surface area contributed by atoms with Crippen molar-refractivity contribution in [3.63, 3.8) is 0 Å². The number of hydrogen-bond donors (Lipinski definition) is 0. The summed E-state index contributed by atoms with van der Waals surface area (Å²) < 4.78 is 75.5. The Labute approximate surface area is 58.5 Å². The van der Waals surface area contributed by atoms with E-state index in [1.165, 1.54) is 0 Å². The average molecular weight is 196 g/mol. The Balaban J connectivity index is 4.99.